The standard InChI is InChI=1S/C19H24N4O2/c1-12(2)23-7-5-4-6-18(23)17-9-16(21-13(3)22-17)14-8-15(19(24)25)11-20-10-14/h8-12,18H,4-7H2,1-3H3,(H,24,25). The van der Waals surface area contributed by atoms with Gasteiger partial charge < -0.3 is 5.11 Å². The summed E-state index contributed by atoms with van der Waals surface area (Å²) >= 11 is 0. The van der Waals surface area contributed by atoms with Crippen molar-refractivity contribution in [1.29, 1.82) is 0 Å². The predicted molar refractivity (Wildman–Crippen MR) is 95.4 cm³/mol. The number of hydrogen-bond acceptors (Lipinski definition) is 5. The van der Waals surface area contributed by atoms with Crippen molar-refractivity contribution in [1.82, 2.24) is 19.9 Å². The van der Waals surface area contributed by atoms with Crippen molar-refractivity contribution < 1.29 is 9.90 Å². The van der Waals surface area contributed by atoms with Gasteiger partial charge in [0.15, 0.2) is 0 Å². The summed E-state index contributed by atoms with van der Waals surface area (Å²) in [5.41, 5.74) is 2.61. The SMILES string of the molecule is Cc1nc(-c2cncc(C(=O)O)c2)cc(C2CCCCN2C(C)C)n1. The molecule has 25 heavy (non-hydrogen) atoms. The van der Waals surface area contributed by atoms with Gasteiger partial charge in [0, 0.05) is 24.0 Å². The van der Waals surface area contributed by atoms with Gasteiger partial charge in [-0.2, -0.15) is 0 Å². The molecule has 6 heteroatoms. The van der Waals surface area contributed by atoms with Gasteiger partial charge in [-0.1, -0.05) is 6.42 Å². The topological polar surface area (TPSA) is 79.2 Å². The summed E-state index contributed by atoms with van der Waals surface area (Å²) in [7, 11) is 0. The van der Waals surface area contributed by atoms with Crippen LogP contribution in [0.1, 0.15) is 61.0 Å². The van der Waals surface area contributed by atoms with Crippen LogP contribution in [-0.2, 0) is 0 Å². The van der Waals surface area contributed by atoms with E-state index in [2.05, 4.69) is 33.7 Å². The Morgan fingerprint density at radius 3 is 2.76 bits per heavy atom. The van der Waals surface area contributed by atoms with E-state index in [0.29, 0.717) is 17.4 Å². The van der Waals surface area contributed by atoms with Gasteiger partial charge in [0.25, 0.3) is 0 Å². The molecule has 1 atom stereocenters. The zero-order chi connectivity index (χ0) is 18.0. The molecule has 0 saturated carbocycles. The van der Waals surface area contributed by atoms with Crippen LogP contribution in [0.4, 0.5) is 0 Å². The molecule has 3 heterocycles. The van der Waals surface area contributed by atoms with Crippen LogP contribution in [0.25, 0.3) is 11.3 Å². The van der Waals surface area contributed by atoms with Crippen LogP contribution in [0.3, 0.4) is 0 Å². The molecule has 2 aromatic heterocycles. The fraction of sp³-hybridized carbons (Fsp3) is 0.474. The molecule has 0 amide bonds. The van der Waals surface area contributed by atoms with Crippen LogP contribution in [0, 0.1) is 6.92 Å². The largest absolute Gasteiger partial charge is 0.478 e. The maximum absolute atomic E-state index is 11.2. The predicted octanol–water partition coefficient (Wildman–Crippen LogP) is 3.48. The van der Waals surface area contributed by atoms with Crippen LogP contribution >= 0.6 is 0 Å². The van der Waals surface area contributed by atoms with Gasteiger partial charge in [-0.05, 0) is 52.3 Å². The van der Waals surface area contributed by atoms with Crippen LogP contribution in [-0.4, -0.2) is 43.5 Å². The molecule has 0 radical (unpaired) electrons. The summed E-state index contributed by atoms with van der Waals surface area (Å²) in [6.45, 7) is 7.39. The number of aromatic nitrogens is 3. The molecule has 0 spiro atoms. The molecule has 3 rings (SSSR count). The molecule has 0 aromatic carbocycles. The third-order valence-corrected chi connectivity index (χ3v) is 4.69. The number of aryl methyl sites for hydroxylation is 1. The molecule has 1 N–H and O–H groups in total. The number of aromatic carboxylic acids is 1. The second-order valence-corrected chi connectivity index (χ2v) is 6.84. The molecule has 0 aliphatic carbocycles. The average molecular weight is 340 g/mol. The van der Waals surface area contributed by atoms with E-state index in [9.17, 15) is 9.90 Å². The highest BCUT2D eigenvalue weighted by atomic mass is 16.4. The first-order valence-corrected chi connectivity index (χ1v) is 8.75. The molecule has 1 unspecified atom stereocenters. The lowest BCUT2D eigenvalue weighted by Gasteiger charge is -2.38. The van der Waals surface area contributed by atoms with Crippen molar-refractivity contribution in [3.05, 3.63) is 41.6 Å². The average Bonchev–Trinajstić information content (AvgIpc) is 2.61. The van der Waals surface area contributed by atoms with Gasteiger partial charge in [0.2, 0.25) is 0 Å². The number of rotatable bonds is 4. The highest BCUT2D eigenvalue weighted by Gasteiger charge is 2.27. The quantitative estimate of drug-likeness (QED) is 0.918. The molecular weight excluding hydrogens is 316 g/mol. The second kappa shape index (κ2) is 7.27. The number of carbonyl (C=O) groups is 1. The minimum absolute atomic E-state index is 0.164. The molecule has 1 saturated heterocycles. The molecule has 1 fully saturated rings. The van der Waals surface area contributed by atoms with E-state index in [4.69, 9.17) is 0 Å². The Bertz CT molecular complexity index is 776. The number of carboxylic acid groups (broad SMARTS) is 1. The Kier molecular flexibility index (Phi) is 5.08. The van der Waals surface area contributed by atoms with Crippen molar-refractivity contribution in [3.63, 3.8) is 0 Å². The Morgan fingerprint density at radius 1 is 1.24 bits per heavy atom. The summed E-state index contributed by atoms with van der Waals surface area (Å²) < 4.78 is 0. The van der Waals surface area contributed by atoms with Crippen molar-refractivity contribution in [3.8, 4) is 11.3 Å². The lowest BCUT2D eigenvalue weighted by atomic mass is 9.96. The Hall–Kier alpha value is -2.34. The van der Waals surface area contributed by atoms with Crippen LogP contribution in [0.5, 0.6) is 0 Å². The summed E-state index contributed by atoms with van der Waals surface area (Å²) in [6, 6.07) is 4.34. The van der Waals surface area contributed by atoms with Crippen molar-refractivity contribution in [2.45, 2.75) is 52.1 Å². The molecule has 0 bridgehead atoms. The van der Waals surface area contributed by atoms with Gasteiger partial charge in [0.05, 0.1) is 23.0 Å². The summed E-state index contributed by atoms with van der Waals surface area (Å²) in [4.78, 5) is 26.9. The second-order valence-electron chi connectivity index (χ2n) is 6.84. The zero-order valence-electron chi connectivity index (χ0n) is 14.9. The van der Waals surface area contributed by atoms with Crippen molar-refractivity contribution in [2.75, 3.05) is 6.54 Å². The molecule has 2 aromatic rings. The van der Waals surface area contributed by atoms with Crippen molar-refractivity contribution >= 4 is 5.97 Å². The van der Waals surface area contributed by atoms with E-state index in [1.54, 1.807) is 12.3 Å². The first-order chi connectivity index (χ1) is 12.0. The normalized spacial score (nSPS) is 18.5. The van der Waals surface area contributed by atoms with Gasteiger partial charge in [-0.15, -0.1) is 0 Å². The summed E-state index contributed by atoms with van der Waals surface area (Å²) in [5, 5.41) is 9.19. The third kappa shape index (κ3) is 3.85. The number of pyridine rings is 1. The molecular formula is C19H24N4O2. The van der Waals surface area contributed by atoms with Crippen LogP contribution < -0.4 is 0 Å². The Balaban J connectivity index is 2.01. The smallest absolute Gasteiger partial charge is 0.337 e. The fourth-order valence-corrected chi connectivity index (χ4v) is 3.50. The van der Waals surface area contributed by atoms with E-state index in [0.717, 1.165) is 24.4 Å². The highest BCUT2D eigenvalue weighted by Crippen LogP contribution is 2.33. The highest BCUT2D eigenvalue weighted by molar-refractivity contribution is 5.88. The fourth-order valence-electron chi connectivity index (χ4n) is 3.50. The number of hydrogen-bond donors (Lipinski definition) is 1. The minimum atomic E-state index is -0.987. The monoisotopic (exact) mass is 340 g/mol. The maximum atomic E-state index is 11.2. The van der Waals surface area contributed by atoms with E-state index in [1.165, 1.54) is 19.0 Å². The number of piperidine rings is 1. The number of carboxylic acids is 1. The first kappa shape index (κ1) is 17.5. The van der Waals surface area contributed by atoms with E-state index in [-0.39, 0.29) is 11.6 Å². The van der Waals surface area contributed by atoms with Crippen LogP contribution in [0.2, 0.25) is 0 Å². The number of likely N-dealkylation sites (tertiary alicyclic amines) is 1. The van der Waals surface area contributed by atoms with Gasteiger partial charge in [0.1, 0.15) is 5.82 Å². The Morgan fingerprint density at radius 2 is 2.04 bits per heavy atom. The zero-order valence-corrected chi connectivity index (χ0v) is 14.9. The van der Waals surface area contributed by atoms with Gasteiger partial charge >= 0.3 is 5.97 Å². The van der Waals surface area contributed by atoms with E-state index in [1.807, 2.05) is 13.0 Å². The molecule has 132 valence electrons. The van der Waals surface area contributed by atoms with Gasteiger partial charge in [-0.25, -0.2) is 14.8 Å². The third-order valence-electron chi connectivity index (χ3n) is 4.69. The summed E-state index contributed by atoms with van der Waals surface area (Å²) in [5.74, 6) is -0.291. The maximum Gasteiger partial charge on any atom is 0.337 e. The lowest BCUT2D eigenvalue weighted by molar-refractivity contribution is 0.0696. The molecule has 1 aliphatic rings. The van der Waals surface area contributed by atoms with E-state index >= 15 is 0 Å². The molecule has 6 nitrogen and oxygen atoms in total. The molecule has 1 aliphatic heterocycles. The van der Waals surface area contributed by atoms with Gasteiger partial charge in [-0.3, -0.25) is 9.88 Å². The van der Waals surface area contributed by atoms with Crippen LogP contribution in [0.15, 0.2) is 24.5 Å². The van der Waals surface area contributed by atoms with E-state index < -0.39 is 5.97 Å². The number of nitrogens with zero attached hydrogens (tertiary/aromatic N) is 4. The lowest BCUT2D eigenvalue weighted by Crippen LogP contribution is -2.39. The first-order valence-electron chi connectivity index (χ1n) is 8.75. The van der Waals surface area contributed by atoms with Crippen molar-refractivity contribution in [2.24, 2.45) is 0 Å². The minimum Gasteiger partial charge on any atom is -0.478 e. The summed E-state index contributed by atoms with van der Waals surface area (Å²) in [6.07, 6.45) is 6.50. The Labute approximate surface area is 148 Å².